The van der Waals surface area contributed by atoms with Crippen LogP contribution in [0.5, 0.6) is 0 Å². The van der Waals surface area contributed by atoms with Crippen molar-refractivity contribution in [2.24, 2.45) is 0 Å². The van der Waals surface area contributed by atoms with Crippen molar-refractivity contribution in [1.82, 2.24) is 4.98 Å². The first-order chi connectivity index (χ1) is 12.3. The first kappa shape index (κ1) is 15.9. The Balaban J connectivity index is 1.74. The first-order valence-electron chi connectivity index (χ1n) is 7.77. The quantitative estimate of drug-likeness (QED) is 0.506. The second-order valence-electron chi connectivity index (χ2n) is 5.36. The first-order valence-corrected chi connectivity index (χ1v) is 9.46. The van der Waals surface area contributed by atoms with Crippen molar-refractivity contribution in [2.45, 2.75) is 9.10 Å². The molecule has 0 saturated carbocycles. The minimum atomic E-state index is -0.205. The van der Waals surface area contributed by atoms with E-state index in [2.05, 4.69) is 39.9 Å². The van der Waals surface area contributed by atoms with E-state index < -0.39 is 0 Å². The van der Waals surface area contributed by atoms with Crippen LogP contribution in [0.3, 0.4) is 0 Å². The van der Waals surface area contributed by atoms with E-state index in [0.29, 0.717) is 5.69 Å². The van der Waals surface area contributed by atoms with Crippen LogP contribution in [0, 0.1) is 0 Å². The lowest BCUT2D eigenvalue weighted by molar-refractivity contribution is 0.102. The van der Waals surface area contributed by atoms with Gasteiger partial charge < -0.3 is 5.32 Å². The Hall–Kier alpha value is -2.63. The second kappa shape index (κ2) is 7.09. The van der Waals surface area contributed by atoms with E-state index in [1.165, 1.54) is 4.21 Å². The molecular formula is C20H14N2OS2. The largest absolute Gasteiger partial charge is 0.320 e. The lowest BCUT2D eigenvalue weighted by atomic mass is 10.1. The minimum Gasteiger partial charge on any atom is -0.320 e. The molecule has 0 atom stereocenters. The molecule has 2 aromatic carbocycles. The molecule has 1 amide bonds. The molecule has 2 aromatic heterocycles. The van der Waals surface area contributed by atoms with Crippen molar-refractivity contribution >= 4 is 45.5 Å². The van der Waals surface area contributed by atoms with Gasteiger partial charge in [-0.15, -0.1) is 11.3 Å². The number of nitrogens with one attached hydrogen (secondary N) is 1. The zero-order valence-electron chi connectivity index (χ0n) is 13.2. The predicted octanol–water partition coefficient (Wildman–Crippen LogP) is 5.70. The number of aromatic nitrogens is 1. The summed E-state index contributed by atoms with van der Waals surface area (Å²) < 4.78 is 1.22. The number of hydrogen-bond acceptors (Lipinski definition) is 4. The predicted molar refractivity (Wildman–Crippen MR) is 105 cm³/mol. The Morgan fingerprint density at radius 1 is 0.960 bits per heavy atom. The van der Waals surface area contributed by atoms with Crippen LogP contribution in [0.4, 0.5) is 5.69 Å². The minimum absolute atomic E-state index is 0.205. The molecule has 0 bridgehead atoms. The third-order valence-electron chi connectivity index (χ3n) is 3.72. The summed E-state index contributed by atoms with van der Waals surface area (Å²) in [5, 5.41) is 7.22. The highest BCUT2D eigenvalue weighted by Crippen LogP contribution is 2.39. The molecule has 0 unspecified atom stereocenters. The van der Waals surface area contributed by atoms with Gasteiger partial charge in [-0.25, -0.2) is 0 Å². The van der Waals surface area contributed by atoms with Gasteiger partial charge in [0.25, 0.3) is 5.91 Å². The van der Waals surface area contributed by atoms with E-state index in [9.17, 15) is 4.79 Å². The van der Waals surface area contributed by atoms with Crippen LogP contribution in [0.25, 0.3) is 10.8 Å². The van der Waals surface area contributed by atoms with Gasteiger partial charge in [0.15, 0.2) is 0 Å². The summed E-state index contributed by atoms with van der Waals surface area (Å²) in [5.74, 6) is -0.205. The van der Waals surface area contributed by atoms with Crippen LogP contribution in [0.15, 0.2) is 87.4 Å². The highest BCUT2D eigenvalue weighted by molar-refractivity contribution is 8.01. The van der Waals surface area contributed by atoms with Gasteiger partial charge in [0.2, 0.25) is 0 Å². The normalized spacial score (nSPS) is 10.7. The number of fused-ring (bicyclic) bond motifs is 1. The number of nitrogens with zero attached hydrogens (tertiary/aromatic N) is 1. The molecule has 122 valence electrons. The Bertz CT molecular complexity index is 1010. The molecule has 0 saturated heterocycles. The molecule has 0 radical (unpaired) electrons. The maximum atomic E-state index is 12.5. The van der Waals surface area contributed by atoms with Crippen molar-refractivity contribution in [2.75, 3.05) is 5.32 Å². The maximum absolute atomic E-state index is 12.5. The van der Waals surface area contributed by atoms with Gasteiger partial charge in [-0.1, -0.05) is 48.2 Å². The summed E-state index contributed by atoms with van der Waals surface area (Å²) >= 11 is 3.42. The van der Waals surface area contributed by atoms with Crippen molar-refractivity contribution in [3.63, 3.8) is 0 Å². The lowest BCUT2D eigenvalue weighted by Gasteiger charge is -2.12. The topological polar surface area (TPSA) is 42.0 Å². The smallest absolute Gasteiger partial charge is 0.274 e. The number of anilines is 1. The van der Waals surface area contributed by atoms with Crippen LogP contribution >= 0.6 is 23.1 Å². The molecule has 4 rings (SSSR count). The van der Waals surface area contributed by atoms with Gasteiger partial charge in [0.05, 0.1) is 9.90 Å². The number of rotatable bonds is 4. The number of hydrogen-bond donors (Lipinski definition) is 1. The summed E-state index contributed by atoms with van der Waals surface area (Å²) in [6, 6.07) is 21.6. The summed E-state index contributed by atoms with van der Waals surface area (Å²) in [7, 11) is 0. The van der Waals surface area contributed by atoms with Gasteiger partial charge in [-0.2, -0.15) is 0 Å². The number of amides is 1. The third-order valence-corrected chi connectivity index (χ3v) is 5.82. The van der Waals surface area contributed by atoms with Crippen LogP contribution in [-0.4, -0.2) is 10.9 Å². The molecule has 5 heteroatoms. The van der Waals surface area contributed by atoms with E-state index >= 15 is 0 Å². The standard InChI is InChI=1S/C20H14N2OS2/c23-20(16-8-1-2-12-21-16)22-15-9-3-6-14-7-4-10-17(19(14)15)25-18-11-5-13-24-18/h1-13H,(H,22,23). The Kier molecular flexibility index (Phi) is 4.50. The van der Waals surface area contributed by atoms with Gasteiger partial charge in [0, 0.05) is 16.5 Å². The maximum Gasteiger partial charge on any atom is 0.274 e. The van der Waals surface area contributed by atoms with Crippen molar-refractivity contribution in [3.05, 3.63) is 84.0 Å². The average molecular weight is 362 g/mol. The van der Waals surface area contributed by atoms with Crippen molar-refractivity contribution < 1.29 is 4.79 Å². The zero-order chi connectivity index (χ0) is 17.1. The fourth-order valence-corrected chi connectivity index (χ4v) is 4.53. The van der Waals surface area contributed by atoms with Gasteiger partial charge in [0.1, 0.15) is 5.69 Å². The van der Waals surface area contributed by atoms with Crippen LogP contribution < -0.4 is 5.32 Å². The molecule has 2 heterocycles. The Labute approximate surface area is 153 Å². The van der Waals surface area contributed by atoms with E-state index in [4.69, 9.17) is 0 Å². The summed E-state index contributed by atoms with van der Waals surface area (Å²) in [5.41, 5.74) is 1.20. The third kappa shape index (κ3) is 3.43. The molecule has 0 aliphatic carbocycles. The number of benzene rings is 2. The highest BCUT2D eigenvalue weighted by Gasteiger charge is 2.12. The van der Waals surface area contributed by atoms with Gasteiger partial charge in [-0.05, 0) is 41.1 Å². The van der Waals surface area contributed by atoms with Crippen LogP contribution in [0.1, 0.15) is 10.5 Å². The second-order valence-corrected chi connectivity index (χ2v) is 7.65. The molecule has 0 spiro atoms. The molecule has 0 aliphatic rings. The monoisotopic (exact) mass is 362 g/mol. The van der Waals surface area contributed by atoms with E-state index in [1.807, 2.05) is 30.3 Å². The summed E-state index contributed by atoms with van der Waals surface area (Å²) in [6.07, 6.45) is 1.62. The zero-order valence-corrected chi connectivity index (χ0v) is 14.8. The number of carbonyl (C=O) groups excluding carboxylic acids is 1. The van der Waals surface area contributed by atoms with Crippen molar-refractivity contribution in [1.29, 1.82) is 0 Å². The SMILES string of the molecule is O=C(Nc1cccc2cccc(Sc3cccs3)c12)c1ccccn1. The van der Waals surface area contributed by atoms with E-state index in [-0.39, 0.29) is 5.91 Å². The highest BCUT2D eigenvalue weighted by atomic mass is 32.2. The van der Waals surface area contributed by atoms with Gasteiger partial charge >= 0.3 is 0 Å². The number of carbonyl (C=O) groups is 1. The molecular weight excluding hydrogens is 348 g/mol. The number of thiophene rings is 1. The van der Waals surface area contributed by atoms with Gasteiger partial charge in [-0.3, -0.25) is 9.78 Å². The number of pyridine rings is 1. The van der Waals surface area contributed by atoms with Crippen LogP contribution in [-0.2, 0) is 0 Å². The molecule has 4 aromatic rings. The summed E-state index contributed by atoms with van der Waals surface area (Å²) in [6.45, 7) is 0. The van der Waals surface area contributed by atoms with Crippen LogP contribution in [0.2, 0.25) is 0 Å². The summed E-state index contributed by atoms with van der Waals surface area (Å²) in [4.78, 5) is 17.8. The van der Waals surface area contributed by atoms with Crippen molar-refractivity contribution in [3.8, 4) is 0 Å². The van der Waals surface area contributed by atoms with E-state index in [0.717, 1.165) is 21.4 Å². The molecule has 3 nitrogen and oxygen atoms in total. The fourth-order valence-electron chi connectivity index (χ4n) is 2.61. The Morgan fingerprint density at radius 3 is 2.60 bits per heavy atom. The average Bonchev–Trinajstić information content (AvgIpc) is 3.16. The lowest BCUT2D eigenvalue weighted by Crippen LogP contribution is -2.13. The molecule has 1 N–H and O–H groups in total. The van der Waals surface area contributed by atoms with E-state index in [1.54, 1.807) is 41.4 Å². The fraction of sp³-hybridized carbons (Fsp3) is 0. The Morgan fingerprint density at radius 2 is 1.84 bits per heavy atom. The molecule has 0 fully saturated rings. The molecule has 0 aliphatic heterocycles. The molecule has 25 heavy (non-hydrogen) atoms.